The van der Waals surface area contributed by atoms with Gasteiger partial charge in [0.1, 0.15) is 0 Å². The summed E-state index contributed by atoms with van der Waals surface area (Å²) in [4.78, 5) is 22.7. The Labute approximate surface area is 302 Å². The van der Waals surface area contributed by atoms with E-state index < -0.39 is 32.0 Å². The average Bonchev–Trinajstić information content (AvgIpc) is 3.07. The monoisotopic (exact) mass is 721 g/mol. The minimum atomic E-state index is -4.36. The molecule has 0 spiro atoms. The molecule has 4 atom stereocenters. The maximum atomic E-state index is 12.8. The Morgan fingerprint density at radius 1 is 0.612 bits per heavy atom. The van der Waals surface area contributed by atoms with Gasteiger partial charge in [0.15, 0.2) is 0 Å². The van der Waals surface area contributed by atoms with Gasteiger partial charge in [-0.15, -0.1) is 0 Å². The van der Waals surface area contributed by atoms with Crippen LogP contribution in [0.4, 0.5) is 0 Å². The summed E-state index contributed by atoms with van der Waals surface area (Å²) in [6.45, 7) is 4.05. The number of aliphatic hydroxyl groups is 2. The van der Waals surface area contributed by atoms with Crippen LogP contribution in [-0.2, 0) is 18.4 Å². The van der Waals surface area contributed by atoms with Crippen LogP contribution < -0.4 is 11.1 Å². The quantitative estimate of drug-likeness (QED) is 0.0311. The standard InChI is InChI=1S/C39H81N2O7P/c1-3-5-7-9-11-13-15-17-18-19-20-22-24-26-28-30-36(42)34-39(44)41-37(35-48-49(45,46)47-33-32-40)38(43)31-29-27-25-23-21-16-14-12-10-8-6-4-2/h36-38,42-43H,3-35,40H2,1-2H3,(H,41,44)(H,45,46). The average molecular weight is 721 g/mol. The van der Waals surface area contributed by atoms with Gasteiger partial charge in [-0.3, -0.25) is 13.8 Å². The molecule has 0 aliphatic heterocycles. The third-order valence-corrected chi connectivity index (χ3v) is 10.5. The molecule has 0 heterocycles. The van der Waals surface area contributed by atoms with E-state index >= 15 is 0 Å². The number of aliphatic hydroxyl groups excluding tert-OH is 2. The summed E-state index contributed by atoms with van der Waals surface area (Å²) in [5.74, 6) is -0.411. The van der Waals surface area contributed by atoms with Crippen LogP contribution in [0.1, 0.15) is 206 Å². The number of hydrogen-bond donors (Lipinski definition) is 5. The topological polar surface area (TPSA) is 151 Å². The SMILES string of the molecule is CCCCCCCCCCCCCCCCCC(O)CC(=O)NC(COP(=O)(O)OCCN)C(O)CCCCCCCCCCCCCC. The molecule has 0 saturated heterocycles. The molecule has 6 N–H and O–H groups in total. The number of amides is 1. The van der Waals surface area contributed by atoms with Crippen molar-refractivity contribution in [2.45, 2.75) is 225 Å². The van der Waals surface area contributed by atoms with Gasteiger partial charge in [0, 0.05) is 6.54 Å². The second kappa shape index (κ2) is 35.8. The highest BCUT2D eigenvalue weighted by atomic mass is 31.2. The summed E-state index contributed by atoms with van der Waals surface area (Å²) < 4.78 is 22.1. The van der Waals surface area contributed by atoms with Gasteiger partial charge in [-0.2, -0.15) is 0 Å². The van der Waals surface area contributed by atoms with Crippen molar-refractivity contribution in [1.82, 2.24) is 5.32 Å². The van der Waals surface area contributed by atoms with Crippen molar-refractivity contribution in [2.75, 3.05) is 19.8 Å². The van der Waals surface area contributed by atoms with Crippen LogP contribution in [0.15, 0.2) is 0 Å². The maximum absolute atomic E-state index is 12.8. The Kier molecular flexibility index (Phi) is 35.4. The van der Waals surface area contributed by atoms with E-state index in [9.17, 15) is 24.5 Å². The van der Waals surface area contributed by atoms with E-state index in [-0.39, 0.29) is 26.2 Å². The highest BCUT2D eigenvalue weighted by Crippen LogP contribution is 2.43. The smallest absolute Gasteiger partial charge is 0.393 e. The highest BCUT2D eigenvalue weighted by molar-refractivity contribution is 7.47. The molecule has 4 unspecified atom stereocenters. The lowest BCUT2D eigenvalue weighted by atomic mass is 10.0. The lowest BCUT2D eigenvalue weighted by Gasteiger charge is -2.25. The molecule has 294 valence electrons. The summed E-state index contributed by atoms with van der Waals surface area (Å²) in [5, 5.41) is 24.1. The molecule has 0 aromatic rings. The van der Waals surface area contributed by atoms with E-state index in [0.29, 0.717) is 12.8 Å². The molecular formula is C39H81N2O7P. The first-order valence-corrected chi connectivity index (χ1v) is 22.2. The van der Waals surface area contributed by atoms with Gasteiger partial charge in [-0.25, -0.2) is 4.57 Å². The number of nitrogens with two attached hydrogens (primary N) is 1. The summed E-state index contributed by atoms with van der Waals surface area (Å²) in [6.07, 6.45) is 32.8. The Bertz CT molecular complexity index is 761. The Morgan fingerprint density at radius 2 is 0.980 bits per heavy atom. The first-order chi connectivity index (χ1) is 23.8. The number of carbonyl (C=O) groups excluding carboxylic acids is 1. The van der Waals surface area contributed by atoms with E-state index in [1.54, 1.807) is 0 Å². The van der Waals surface area contributed by atoms with Crippen molar-refractivity contribution in [3.05, 3.63) is 0 Å². The van der Waals surface area contributed by atoms with Crippen LogP contribution in [-0.4, -0.2) is 59.0 Å². The molecule has 0 aliphatic rings. The predicted octanol–water partition coefficient (Wildman–Crippen LogP) is 10.0. The van der Waals surface area contributed by atoms with Crippen LogP contribution in [0.2, 0.25) is 0 Å². The lowest BCUT2D eigenvalue weighted by Crippen LogP contribution is -2.47. The van der Waals surface area contributed by atoms with E-state index in [0.717, 1.165) is 38.5 Å². The van der Waals surface area contributed by atoms with Gasteiger partial charge in [-0.05, 0) is 12.8 Å². The molecule has 0 aromatic heterocycles. The lowest BCUT2D eigenvalue weighted by molar-refractivity contribution is -0.125. The number of phosphoric ester groups is 1. The number of nitrogens with one attached hydrogen (secondary N) is 1. The van der Waals surface area contributed by atoms with Crippen molar-refractivity contribution in [3.8, 4) is 0 Å². The van der Waals surface area contributed by atoms with Crippen molar-refractivity contribution in [2.24, 2.45) is 5.73 Å². The summed E-state index contributed by atoms with van der Waals surface area (Å²) in [6, 6.07) is -0.889. The molecular weight excluding hydrogens is 639 g/mol. The molecule has 0 aromatic carbocycles. The van der Waals surface area contributed by atoms with Gasteiger partial charge in [0.2, 0.25) is 5.91 Å². The summed E-state index contributed by atoms with van der Waals surface area (Å²) in [5.41, 5.74) is 5.36. The molecule has 49 heavy (non-hydrogen) atoms. The zero-order valence-corrected chi connectivity index (χ0v) is 33.0. The second-order valence-corrected chi connectivity index (χ2v) is 15.9. The van der Waals surface area contributed by atoms with E-state index in [1.165, 1.54) is 135 Å². The number of phosphoric acid groups is 1. The Morgan fingerprint density at radius 3 is 1.37 bits per heavy atom. The first-order valence-electron chi connectivity index (χ1n) is 20.7. The van der Waals surface area contributed by atoms with Crippen LogP contribution in [0, 0.1) is 0 Å². The Balaban J connectivity index is 4.26. The zero-order chi connectivity index (χ0) is 36.3. The normalized spacial score (nSPS) is 14.8. The Hall–Kier alpha value is -0.540. The zero-order valence-electron chi connectivity index (χ0n) is 32.1. The van der Waals surface area contributed by atoms with E-state index in [1.807, 2.05) is 0 Å². The highest BCUT2D eigenvalue weighted by Gasteiger charge is 2.28. The van der Waals surface area contributed by atoms with Gasteiger partial charge in [0.25, 0.3) is 0 Å². The summed E-state index contributed by atoms with van der Waals surface area (Å²) in [7, 11) is -4.36. The van der Waals surface area contributed by atoms with Crippen molar-refractivity contribution in [1.29, 1.82) is 0 Å². The van der Waals surface area contributed by atoms with Crippen LogP contribution in [0.3, 0.4) is 0 Å². The van der Waals surface area contributed by atoms with Crippen molar-refractivity contribution in [3.63, 3.8) is 0 Å². The molecule has 9 nitrogen and oxygen atoms in total. The predicted molar refractivity (Wildman–Crippen MR) is 205 cm³/mol. The third-order valence-electron chi connectivity index (χ3n) is 9.52. The molecule has 0 fully saturated rings. The van der Waals surface area contributed by atoms with Gasteiger partial charge in [-0.1, -0.05) is 187 Å². The third kappa shape index (κ3) is 34.3. The molecule has 0 bridgehead atoms. The maximum Gasteiger partial charge on any atom is 0.472 e. The van der Waals surface area contributed by atoms with Gasteiger partial charge < -0.3 is 26.2 Å². The number of hydrogen-bond acceptors (Lipinski definition) is 7. The van der Waals surface area contributed by atoms with Gasteiger partial charge >= 0.3 is 7.82 Å². The molecule has 1 amide bonds. The first kappa shape index (κ1) is 48.5. The van der Waals surface area contributed by atoms with Gasteiger partial charge in [0.05, 0.1) is 37.9 Å². The minimum Gasteiger partial charge on any atom is -0.393 e. The fourth-order valence-electron chi connectivity index (χ4n) is 6.36. The van der Waals surface area contributed by atoms with E-state index in [4.69, 9.17) is 14.8 Å². The molecule has 0 aliphatic carbocycles. The minimum absolute atomic E-state index is 0.0624. The van der Waals surface area contributed by atoms with Crippen molar-refractivity contribution < 1.29 is 33.5 Å². The van der Waals surface area contributed by atoms with Crippen molar-refractivity contribution >= 4 is 13.7 Å². The molecule has 10 heteroatoms. The summed E-state index contributed by atoms with van der Waals surface area (Å²) >= 11 is 0. The van der Waals surface area contributed by atoms with E-state index in [2.05, 4.69) is 19.2 Å². The molecule has 0 rings (SSSR count). The van der Waals surface area contributed by atoms with Crippen LogP contribution in [0.5, 0.6) is 0 Å². The number of rotatable bonds is 39. The molecule has 0 radical (unpaired) electrons. The largest absolute Gasteiger partial charge is 0.472 e. The number of carbonyl (C=O) groups is 1. The fourth-order valence-corrected chi connectivity index (χ4v) is 7.12. The van der Waals surface area contributed by atoms with Crippen LogP contribution in [0.25, 0.3) is 0 Å². The number of unbranched alkanes of at least 4 members (excludes halogenated alkanes) is 25. The fraction of sp³-hybridized carbons (Fsp3) is 0.974. The van der Waals surface area contributed by atoms with Crippen LogP contribution >= 0.6 is 7.82 Å². The molecule has 0 saturated carbocycles. The second-order valence-electron chi connectivity index (χ2n) is 14.4.